The molecule has 0 aliphatic carbocycles. The number of hydrogen-bond donors (Lipinski definition) is 0. The van der Waals surface area contributed by atoms with Crippen molar-refractivity contribution in [2.45, 2.75) is 126 Å². The Hall–Kier alpha value is 0.603. The van der Waals surface area contributed by atoms with E-state index in [1.54, 1.807) is 0 Å². The quantitative estimate of drug-likeness (QED) is 0.365. The van der Waals surface area contributed by atoms with Crippen LogP contribution in [0.2, 0.25) is 6.25 Å². The normalized spacial score (nSPS) is 15.7. The van der Waals surface area contributed by atoms with Gasteiger partial charge in [-0.3, -0.25) is 0 Å². The van der Waals surface area contributed by atoms with Crippen molar-refractivity contribution < 1.29 is 28.1 Å². The average Bonchev–Trinajstić information content (AvgIpc) is 2.45. The van der Waals surface area contributed by atoms with Crippen LogP contribution in [0.25, 0.3) is 0 Å². The summed E-state index contributed by atoms with van der Waals surface area (Å²) in [6, 6.07) is 0. The molecule has 0 bridgehead atoms. The van der Waals surface area contributed by atoms with Crippen molar-refractivity contribution in [2.75, 3.05) is 0 Å². The van der Waals surface area contributed by atoms with E-state index in [1.165, 1.54) is 0 Å². The molecule has 0 radical (unpaired) electrons. The van der Waals surface area contributed by atoms with E-state index in [1.807, 2.05) is 27.7 Å². The van der Waals surface area contributed by atoms with Gasteiger partial charge in [0.05, 0.1) is 0 Å². The van der Waals surface area contributed by atoms with Crippen molar-refractivity contribution in [3.05, 3.63) is 0 Å². The molecule has 3 nitrogen and oxygen atoms in total. The number of hydrogen-bond acceptors (Lipinski definition) is 3. The van der Waals surface area contributed by atoms with Crippen molar-refractivity contribution in [1.29, 1.82) is 0 Å². The van der Waals surface area contributed by atoms with Crippen LogP contribution in [0.15, 0.2) is 0 Å². The Morgan fingerprint density at radius 2 is 0.833 bits per heavy atom. The van der Waals surface area contributed by atoms with Gasteiger partial charge >= 0.3 is 154 Å². The molecule has 0 saturated carbocycles. The third-order valence-electron chi connectivity index (χ3n) is 6.73. The Kier molecular flexibility index (Phi) is 7.50. The maximum absolute atomic E-state index is 15.3. The molecule has 24 heavy (non-hydrogen) atoms. The van der Waals surface area contributed by atoms with Crippen LogP contribution in [-0.4, -0.2) is 11.2 Å². The van der Waals surface area contributed by atoms with E-state index >= 15 is 2.81 Å². The summed E-state index contributed by atoms with van der Waals surface area (Å²) in [4.78, 5) is 0. The molecule has 0 atom stereocenters. The molecular formula is C20H44O3Zr. The van der Waals surface area contributed by atoms with E-state index in [4.69, 9.17) is 5.63 Å². The third kappa shape index (κ3) is 4.12. The van der Waals surface area contributed by atoms with Crippen molar-refractivity contribution in [1.82, 2.24) is 0 Å². The van der Waals surface area contributed by atoms with Crippen LogP contribution in [0, 0.1) is 0 Å². The molecule has 0 N–H and O–H groups in total. The van der Waals surface area contributed by atoms with Gasteiger partial charge in [-0.05, 0) is 0 Å². The van der Waals surface area contributed by atoms with Gasteiger partial charge in [-0.15, -0.1) is 0 Å². The van der Waals surface area contributed by atoms with E-state index in [0.717, 1.165) is 25.7 Å². The Labute approximate surface area is 154 Å². The predicted molar refractivity (Wildman–Crippen MR) is 100 cm³/mol. The van der Waals surface area contributed by atoms with E-state index in [2.05, 4.69) is 55.4 Å². The summed E-state index contributed by atoms with van der Waals surface area (Å²) in [5, 5.41) is 0. The molecule has 0 unspecified atom stereocenters. The zero-order chi connectivity index (χ0) is 19.7. The van der Waals surface area contributed by atoms with Crippen molar-refractivity contribution in [3.63, 3.8) is 0 Å². The molecule has 0 aromatic rings. The van der Waals surface area contributed by atoms with Gasteiger partial charge in [0.1, 0.15) is 0 Å². The molecule has 0 rings (SSSR count). The zero-order valence-corrected chi connectivity index (χ0v) is 21.0. The van der Waals surface area contributed by atoms with Crippen LogP contribution in [0.1, 0.15) is 109 Å². The minimum absolute atomic E-state index is 0.476. The van der Waals surface area contributed by atoms with Crippen LogP contribution in [-0.2, 0) is 28.1 Å². The summed E-state index contributed by atoms with van der Waals surface area (Å²) in [6.45, 7) is 24.9. The van der Waals surface area contributed by atoms with Crippen LogP contribution < -0.4 is 0 Å². The van der Waals surface area contributed by atoms with Gasteiger partial charge in [-0.2, -0.15) is 0 Å². The molecule has 0 heterocycles. The Morgan fingerprint density at radius 3 is 1.00 bits per heavy atom. The summed E-state index contributed by atoms with van der Waals surface area (Å²) >= 11 is -5.50. The SMILES string of the molecule is CCC(C)(C)[O][Zr](=[O])([O]C(C)(C)CC)([C](C)(C)CC)[C](C)(C)CC. The van der Waals surface area contributed by atoms with Crippen molar-refractivity contribution in [3.8, 4) is 0 Å². The van der Waals surface area contributed by atoms with Gasteiger partial charge in [0.2, 0.25) is 0 Å². The van der Waals surface area contributed by atoms with Crippen LogP contribution in [0.5, 0.6) is 0 Å². The Morgan fingerprint density at radius 1 is 0.583 bits per heavy atom. The average molecular weight is 424 g/mol. The maximum atomic E-state index is 15.3. The van der Waals surface area contributed by atoms with Crippen LogP contribution in [0.4, 0.5) is 0 Å². The summed E-state index contributed by atoms with van der Waals surface area (Å²) in [7, 11) is 0. The fourth-order valence-electron chi connectivity index (χ4n) is 3.25. The summed E-state index contributed by atoms with van der Waals surface area (Å²) in [5.41, 5.74) is -0.953. The van der Waals surface area contributed by atoms with Gasteiger partial charge in [-0.1, -0.05) is 0 Å². The molecule has 0 spiro atoms. The van der Waals surface area contributed by atoms with Crippen LogP contribution in [0.3, 0.4) is 0 Å². The van der Waals surface area contributed by atoms with E-state index in [-0.39, 0.29) is 0 Å². The molecule has 0 aliphatic heterocycles. The summed E-state index contributed by atoms with van der Waals surface area (Å²) in [6.07, 6.45) is 3.14. The second-order valence-electron chi connectivity index (χ2n) is 9.89. The summed E-state index contributed by atoms with van der Waals surface area (Å²) < 4.78 is 27.8. The molecular weight excluding hydrogens is 379 g/mol. The van der Waals surface area contributed by atoms with Gasteiger partial charge in [0.15, 0.2) is 0 Å². The second-order valence-corrected chi connectivity index (χ2v) is 22.4. The molecule has 0 aromatic carbocycles. The van der Waals surface area contributed by atoms with Gasteiger partial charge in [-0.25, -0.2) is 0 Å². The van der Waals surface area contributed by atoms with E-state index in [9.17, 15) is 0 Å². The van der Waals surface area contributed by atoms with Gasteiger partial charge in [0.25, 0.3) is 0 Å². The van der Waals surface area contributed by atoms with Crippen molar-refractivity contribution >= 4 is 0 Å². The molecule has 146 valence electrons. The zero-order valence-electron chi connectivity index (χ0n) is 18.6. The second kappa shape index (κ2) is 7.31. The van der Waals surface area contributed by atoms with Crippen molar-refractivity contribution in [2.24, 2.45) is 0 Å². The first kappa shape index (κ1) is 24.6. The molecule has 0 aliphatic rings. The van der Waals surface area contributed by atoms with Gasteiger partial charge in [0, 0.05) is 0 Å². The van der Waals surface area contributed by atoms with Crippen LogP contribution >= 0.6 is 0 Å². The Bertz CT molecular complexity index is 443. The molecule has 0 saturated heterocycles. The topological polar surface area (TPSA) is 35.5 Å². The fraction of sp³-hybridized carbons (Fsp3) is 1.00. The molecule has 0 fully saturated rings. The first-order chi connectivity index (χ1) is 10.5. The number of rotatable bonds is 10. The van der Waals surface area contributed by atoms with Gasteiger partial charge < -0.3 is 0 Å². The first-order valence-electron chi connectivity index (χ1n) is 9.76. The monoisotopic (exact) mass is 422 g/mol. The summed E-state index contributed by atoms with van der Waals surface area (Å²) in [5.74, 6) is 0. The fourth-order valence-corrected chi connectivity index (χ4v) is 19.2. The predicted octanol–water partition coefficient (Wildman–Crippen LogP) is 7.48. The Balaban J connectivity index is 6.88. The van der Waals surface area contributed by atoms with E-state index in [0.29, 0.717) is 0 Å². The molecule has 0 aromatic heterocycles. The molecule has 0 amide bonds. The first-order valence-corrected chi connectivity index (χ1v) is 15.2. The molecule has 4 heteroatoms. The third-order valence-corrected chi connectivity index (χ3v) is 24.5. The standard InChI is InChI=1S/2C5H11O.2C5H11.O.Zr/c2*1-4-5(2,3)6;2*1-4-5(2)3;;/h2*4H2,1-3H3;2*4H2,1-3H3;;/q2*-1;;;;+2. The minimum atomic E-state index is -5.50. The van der Waals surface area contributed by atoms with E-state index < -0.39 is 37.1 Å².